The summed E-state index contributed by atoms with van der Waals surface area (Å²) in [6.45, 7) is 5.22. The van der Waals surface area contributed by atoms with E-state index in [1.807, 2.05) is 47.9 Å². The molecule has 10 nitrogen and oxygen atoms in total. The van der Waals surface area contributed by atoms with Crippen molar-refractivity contribution in [2.45, 2.75) is 26.3 Å². The molecule has 0 fully saturated rings. The van der Waals surface area contributed by atoms with Gasteiger partial charge in [-0.1, -0.05) is 23.7 Å². The van der Waals surface area contributed by atoms with Gasteiger partial charge in [0.2, 0.25) is 0 Å². The van der Waals surface area contributed by atoms with Gasteiger partial charge in [-0.05, 0) is 49.1 Å². The molecule has 0 radical (unpaired) electrons. The van der Waals surface area contributed by atoms with Gasteiger partial charge in [-0.3, -0.25) is 9.78 Å². The number of aromatic nitrogens is 4. The van der Waals surface area contributed by atoms with E-state index < -0.39 is 11.2 Å². The molecule has 4 rings (SSSR count). The Morgan fingerprint density at radius 3 is 2.39 bits per heavy atom. The van der Waals surface area contributed by atoms with Crippen LogP contribution in [0, 0.1) is 6.92 Å². The van der Waals surface area contributed by atoms with Crippen molar-refractivity contribution < 1.29 is 18.9 Å². The van der Waals surface area contributed by atoms with E-state index in [-0.39, 0.29) is 11.5 Å². The molecule has 2 aliphatic heterocycles. The van der Waals surface area contributed by atoms with Gasteiger partial charge in [0, 0.05) is 24.7 Å². The Kier molecular flexibility index (Phi) is 9.83. The maximum absolute atomic E-state index is 12.5. The van der Waals surface area contributed by atoms with Gasteiger partial charge < -0.3 is 23.5 Å². The summed E-state index contributed by atoms with van der Waals surface area (Å²) in [5.41, 5.74) is 2.19. The number of hydrogen-bond donors (Lipinski definition) is 1. The molecule has 0 aliphatic carbocycles. The highest BCUT2D eigenvalue weighted by atomic mass is 35.5. The molecular formula is C27H31ClN4O6. The number of halogens is 1. The zero-order valence-corrected chi connectivity index (χ0v) is 22.3. The molecule has 0 saturated heterocycles. The molecule has 2 heterocycles. The van der Waals surface area contributed by atoms with Crippen LogP contribution in [0.5, 0.6) is 5.75 Å². The summed E-state index contributed by atoms with van der Waals surface area (Å²) in [7, 11) is 1.63. The largest absolute Gasteiger partial charge is 0.491 e. The third-order valence-corrected chi connectivity index (χ3v) is 6.21. The first kappa shape index (κ1) is 27.7. The van der Waals surface area contributed by atoms with Gasteiger partial charge in [0.05, 0.1) is 44.1 Å². The molecule has 38 heavy (non-hydrogen) atoms. The lowest BCUT2D eigenvalue weighted by Gasteiger charge is -2.18. The minimum absolute atomic E-state index is 0.123. The smallest absolute Gasteiger partial charge is 0.349 e. The predicted molar refractivity (Wildman–Crippen MR) is 145 cm³/mol. The number of aromatic amines is 1. The molecule has 0 aromatic heterocycles. The second-order valence-corrected chi connectivity index (χ2v) is 9.15. The summed E-state index contributed by atoms with van der Waals surface area (Å²) in [6.07, 6.45) is 1.53. The number of hydrogen-bond acceptors (Lipinski definition) is 8. The summed E-state index contributed by atoms with van der Waals surface area (Å²) in [4.78, 5) is 35.4. The number of ether oxygens (including phenoxy) is 4. The van der Waals surface area contributed by atoms with Crippen LogP contribution in [-0.4, -0.2) is 66.3 Å². The van der Waals surface area contributed by atoms with Crippen molar-refractivity contribution >= 4 is 22.6 Å². The van der Waals surface area contributed by atoms with E-state index in [4.69, 9.17) is 30.5 Å². The Morgan fingerprint density at radius 1 is 0.947 bits per heavy atom. The number of rotatable bonds is 14. The minimum Gasteiger partial charge on any atom is -0.491 e. The number of fused-ring (bicyclic) bond motifs is 2. The first-order valence-corrected chi connectivity index (χ1v) is 12.8. The summed E-state index contributed by atoms with van der Waals surface area (Å²) in [5, 5.41) is 0.685. The summed E-state index contributed by atoms with van der Waals surface area (Å²) < 4.78 is 23.8. The molecular weight excluding hydrogens is 512 g/mol. The van der Waals surface area contributed by atoms with E-state index in [1.54, 1.807) is 7.11 Å². The maximum atomic E-state index is 12.5. The Labute approximate surface area is 224 Å². The Balaban J connectivity index is 1.53. The van der Waals surface area contributed by atoms with Crippen LogP contribution in [0.3, 0.4) is 0 Å². The highest BCUT2D eigenvalue weighted by Crippen LogP contribution is 2.28. The molecule has 1 N–H and O–H groups in total. The second-order valence-electron chi connectivity index (χ2n) is 8.71. The number of methoxy groups -OCH3 is 1. The maximum Gasteiger partial charge on any atom is 0.349 e. The first-order chi connectivity index (χ1) is 18.5. The average Bonchev–Trinajstić information content (AvgIpc) is 2.89. The van der Waals surface area contributed by atoms with Crippen LogP contribution in [0.1, 0.15) is 17.5 Å². The van der Waals surface area contributed by atoms with E-state index in [2.05, 4.69) is 15.0 Å². The molecule has 0 saturated carbocycles. The molecule has 202 valence electrons. The van der Waals surface area contributed by atoms with Gasteiger partial charge in [0.15, 0.2) is 11.5 Å². The normalized spacial score (nSPS) is 11.4. The van der Waals surface area contributed by atoms with Crippen LogP contribution in [0.4, 0.5) is 0 Å². The van der Waals surface area contributed by atoms with Gasteiger partial charge in [0.1, 0.15) is 12.4 Å². The van der Waals surface area contributed by atoms with Gasteiger partial charge in [-0.2, -0.15) is 4.98 Å². The molecule has 0 bridgehead atoms. The SMILES string of the molecule is COCCOCCOCCOc1cc2c(cc1C)nc1c(=O)[nH]c(=O)nc-1n2CCCc1ccc(Cl)cc1. The van der Waals surface area contributed by atoms with Crippen LogP contribution in [0.15, 0.2) is 46.0 Å². The lowest BCUT2D eigenvalue weighted by molar-refractivity contribution is 0.0179. The van der Waals surface area contributed by atoms with E-state index in [0.717, 1.165) is 29.5 Å². The fraction of sp³-hybridized carbons (Fsp3) is 0.407. The molecule has 2 aromatic rings. The first-order valence-electron chi connectivity index (χ1n) is 12.4. The standard InChI is InChI=1S/C27H31ClN4O6/c1-18-16-21-22(17-23(18)38-15-14-37-13-12-36-11-10-35-2)32(9-3-4-19-5-7-20(28)8-6-19)25-24(29-21)26(33)31-27(34)30-25/h5-8,16-17H,3-4,9-15H2,1-2H3,(H,31,33,34). The second kappa shape index (κ2) is 13.5. The third kappa shape index (κ3) is 7.16. The van der Waals surface area contributed by atoms with E-state index in [9.17, 15) is 9.59 Å². The fourth-order valence-corrected chi connectivity index (χ4v) is 4.20. The molecule has 0 atom stereocenters. The molecule has 2 aromatic carbocycles. The number of H-pyrrole nitrogens is 1. The van der Waals surface area contributed by atoms with Gasteiger partial charge in [-0.15, -0.1) is 0 Å². The van der Waals surface area contributed by atoms with Crippen molar-refractivity contribution in [3.8, 4) is 17.3 Å². The van der Waals surface area contributed by atoms with E-state index in [1.165, 1.54) is 0 Å². The van der Waals surface area contributed by atoms with Crippen LogP contribution in [0.25, 0.3) is 22.6 Å². The molecule has 0 unspecified atom stereocenters. The van der Waals surface area contributed by atoms with Crippen LogP contribution < -0.4 is 16.0 Å². The molecule has 0 spiro atoms. The van der Waals surface area contributed by atoms with E-state index in [0.29, 0.717) is 62.5 Å². The van der Waals surface area contributed by atoms with Crippen molar-refractivity contribution in [3.63, 3.8) is 0 Å². The topological polar surface area (TPSA) is 118 Å². The number of aryl methyl sites for hydroxylation is 3. The molecule has 11 heteroatoms. The molecule has 0 amide bonds. The van der Waals surface area contributed by atoms with Gasteiger partial charge in [-0.25, -0.2) is 9.78 Å². The quantitative estimate of drug-likeness (QED) is 0.191. The van der Waals surface area contributed by atoms with E-state index >= 15 is 0 Å². The predicted octanol–water partition coefficient (Wildman–Crippen LogP) is 3.24. The van der Waals surface area contributed by atoms with Gasteiger partial charge >= 0.3 is 5.69 Å². The Hall–Kier alpha value is -3.31. The highest BCUT2D eigenvalue weighted by Gasteiger charge is 2.20. The summed E-state index contributed by atoms with van der Waals surface area (Å²) in [5.74, 6) is 0.909. The summed E-state index contributed by atoms with van der Waals surface area (Å²) >= 11 is 6.00. The number of benzene rings is 2. The van der Waals surface area contributed by atoms with Crippen LogP contribution >= 0.6 is 11.6 Å². The number of nitrogens with one attached hydrogen (secondary N) is 1. The van der Waals surface area contributed by atoms with Crippen molar-refractivity contribution in [1.82, 2.24) is 19.5 Å². The fourth-order valence-electron chi connectivity index (χ4n) is 4.08. The lowest BCUT2D eigenvalue weighted by atomic mass is 10.1. The van der Waals surface area contributed by atoms with Crippen molar-refractivity contribution in [2.24, 2.45) is 0 Å². The minimum atomic E-state index is -0.706. The zero-order chi connectivity index (χ0) is 26.9. The molecule has 2 aliphatic rings. The van der Waals surface area contributed by atoms with Gasteiger partial charge in [0.25, 0.3) is 5.56 Å². The van der Waals surface area contributed by atoms with Crippen molar-refractivity contribution in [3.05, 3.63) is 73.4 Å². The zero-order valence-electron chi connectivity index (χ0n) is 21.5. The average molecular weight is 543 g/mol. The monoisotopic (exact) mass is 542 g/mol. The lowest BCUT2D eigenvalue weighted by Crippen LogP contribution is -2.29. The summed E-state index contributed by atoms with van der Waals surface area (Å²) in [6, 6.07) is 11.4. The third-order valence-electron chi connectivity index (χ3n) is 5.96. The Morgan fingerprint density at radius 2 is 1.66 bits per heavy atom. The number of nitrogens with zero attached hydrogens (tertiary/aromatic N) is 3. The highest BCUT2D eigenvalue weighted by molar-refractivity contribution is 6.30. The van der Waals surface area contributed by atoms with Crippen LogP contribution in [-0.2, 0) is 27.2 Å². The Bertz CT molecular complexity index is 1440. The van der Waals surface area contributed by atoms with Crippen LogP contribution in [0.2, 0.25) is 5.02 Å². The van der Waals surface area contributed by atoms with Crippen molar-refractivity contribution in [1.29, 1.82) is 0 Å². The van der Waals surface area contributed by atoms with Crippen molar-refractivity contribution in [2.75, 3.05) is 46.8 Å².